The summed E-state index contributed by atoms with van der Waals surface area (Å²) in [5, 5.41) is 0. The Morgan fingerprint density at radius 2 is 1.52 bits per heavy atom. The minimum atomic E-state index is -3.70. The van der Waals surface area contributed by atoms with Crippen LogP contribution in [0.1, 0.15) is 16.7 Å². The average molecular weight is 435 g/mol. The van der Waals surface area contributed by atoms with Crippen LogP contribution in [-0.2, 0) is 27.7 Å². The molecule has 0 saturated heterocycles. The van der Waals surface area contributed by atoms with Crippen LogP contribution in [0.3, 0.4) is 0 Å². The maximum Gasteiger partial charge on any atom is 0.240 e. The summed E-state index contributed by atoms with van der Waals surface area (Å²) in [7, 11) is -3.70. The van der Waals surface area contributed by atoms with E-state index in [0.717, 1.165) is 22.4 Å². The smallest absolute Gasteiger partial charge is 0.240 e. The van der Waals surface area contributed by atoms with Gasteiger partial charge in [-0.15, -0.1) is 0 Å². The highest BCUT2D eigenvalue weighted by molar-refractivity contribution is 7.89. The molecule has 2 unspecified atom stereocenters. The highest BCUT2D eigenvalue weighted by Gasteiger charge is 2.30. The number of hydrogen-bond acceptors (Lipinski definition) is 4. The van der Waals surface area contributed by atoms with E-state index in [1.807, 2.05) is 61.5 Å². The first-order valence-electron chi connectivity index (χ1n) is 10.3. The molecule has 6 heteroatoms. The third kappa shape index (κ3) is 5.61. The van der Waals surface area contributed by atoms with Crippen LogP contribution in [-0.4, -0.2) is 20.6 Å². The van der Waals surface area contributed by atoms with E-state index in [1.165, 1.54) is 0 Å². The van der Waals surface area contributed by atoms with Gasteiger partial charge in [-0.25, -0.2) is 13.1 Å². The quantitative estimate of drug-likeness (QED) is 0.564. The van der Waals surface area contributed by atoms with Crippen molar-refractivity contribution in [3.63, 3.8) is 0 Å². The van der Waals surface area contributed by atoms with Crippen molar-refractivity contribution in [2.45, 2.75) is 36.8 Å². The third-order valence-corrected chi connectivity index (χ3v) is 6.77. The molecule has 3 aromatic carbocycles. The van der Waals surface area contributed by atoms with Crippen molar-refractivity contribution >= 4 is 10.0 Å². The van der Waals surface area contributed by atoms with Crippen molar-refractivity contribution in [2.24, 2.45) is 0 Å². The Morgan fingerprint density at radius 3 is 2.16 bits per heavy atom. The molecule has 31 heavy (non-hydrogen) atoms. The van der Waals surface area contributed by atoms with Crippen LogP contribution in [0.5, 0.6) is 0 Å². The molecule has 0 aromatic heterocycles. The lowest BCUT2D eigenvalue weighted by Crippen LogP contribution is -2.44. The zero-order valence-corrected chi connectivity index (χ0v) is 18.2. The fourth-order valence-electron chi connectivity index (χ4n) is 3.60. The van der Waals surface area contributed by atoms with Crippen molar-refractivity contribution < 1.29 is 13.3 Å². The van der Waals surface area contributed by atoms with E-state index in [9.17, 15) is 8.42 Å². The molecule has 0 saturated carbocycles. The van der Waals surface area contributed by atoms with E-state index in [-0.39, 0.29) is 4.90 Å². The van der Waals surface area contributed by atoms with Gasteiger partial charge in [0.05, 0.1) is 10.9 Å². The normalized spacial score (nSPS) is 17.1. The van der Waals surface area contributed by atoms with Gasteiger partial charge in [0.1, 0.15) is 6.10 Å². The van der Waals surface area contributed by atoms with Crippen molar-refractivity contribution in [1.29, 1.82) is 0 Å². The third-order valence-electron chi connectivity index (χ3n) is 5.26. The Labute approximate surface area is 183 Å². The first-order valence-corrected chi connectivity index (χ1v) is 11.8. The molecule has 2 N–H and O–H groups in total. The number of sulfonamides is 1. The number of hydroxylamine groups is 1. The number of nitrogens with one attached hydrogen (secondary N) is 2. The topological polar surface area (TPSA) is 67.4 Å². The van der Waals surface area contributed by atoms with E-state index in [0.29, 0.717) is 12.8 Å². The van der Waals surface area contributed by atoms with Gasteiger partial charge in [-0.1, -0.05) is 78.4 Å². The zero-order valence-electron chi connectivity index (χ0n) is 17.4. The van der Waals surface area contributed by atoms with Crippen LogP contribution in [0.4, 0.5) is 0 Å². The van der Waals surface area contributed by atoms with Gasteiger partial charge in [0.2, 0.25) is 10.0 Å². The van der Waals surface area contributed by atoms with Crippen LogP contribution in [0.2, 0.25) is 0 Å². The molecule has 3 aromatic rings. The molecular formula is C25H26N2O3S. The van der Waals surface area contributed by atoms with Gasteiger partial charge in [0.25, 0.3) is 0 Å². The molecule has 0 fully saturated rings. The van der Waals surface area contributed by atoms with Gasteiger partial charge in [-0.05, 0) is 42.7 Å². The summed E-state index contributed by atoms with van der Waals surface area (Å²) in [6.45, 7) is 1.93. The highest BCUT2D eigenvalue weighted by Crippen LogP contribution is 2.20. The second kappa shape index (κ2) is 9.47. The first kappa shape index (κ1) is 21.3. The molecule has 1 heterocycles. The highest BCUT2D eigenvalue weighted by atomic mass is 32.2. The van der Waals surface area contributed by atoms with Gasteiger partial charge in [-0.2, -0.15) is 0 Å². The average Bonchev–Trinajstić information content (AvgIpc) is 3.23. The van der Waals surface area contributed by atoms with Crippen LogP contribution in [0, 0.1) is 6.92 Å². The summed E-state index contributed by atoms with van der Waals surface area (Å²) in [5.41, 5.74) is 7.10. The second-order valence-corrected chi connectivity index (χ2v) is 9.48. The lowest BCUT2D eigenvalue weighted by Gasteiger charge is -2.23. The molecule has 0 amide bonds. The summed E-state index contributed by atoms with van der Waals surface area (Å²) in [6.07, 6.45) is 2.74. The molecule has 1 aliphatic rings. The number of aryl methyl sites for hydroxylation is 1. The molecule has 0 bridgehead atoms. The fraction of sp³-hybridized carbons (Fsp3) is 0.200. The molecule has 4 rings (SSSR count). The number of allylic oxidation sites excluding steroid dienone is 1. The van der Waals surface area contributed by atoms with Crippen molar-refractivity contribution in [2.75, 3.05) is 0 Å². The standard InChI is InChI=1S/C25H26N2O3S/c1-19-12-14-23(15-13-19)31(28,29)27-24(17-21-10-6-3-7-11-21)25-18-22(26-30-25)16-20-8-4-2-5-9-20/h2-15,18,24-27H,16-17H2,1H3. The van der Waals surface area contributed by atoms with Gasteiger partial charge in [-0.3, -0.25) is 10.3 Å². The predicted octanol–water partition coefficient (Wildman–Crippen LogP) is 3.91. The predicted molar refractivity (Wildman–Crippen MR) is 122 cm³/mol. The minimum absolute atomic E-state index is 0.246. The summed E-state index contributed by atoms with van der Waals surface area (Å²) >= 11 is 0. The van der Waals surface area contributed by atoms with Crippen molar-refractivity contribution in [3.05, 3.63) is 113 Å². The first-order chi connectivity index (χ1) is 15.0. The lowest BCUT2D eigenvalue weighted by molar-refractivity contribution is 0.0248. The molecule has 5 nitrogen and oxygen atoms in total. The molecule has 0 spiro atoms. The Hall–Kier alpha value is -2.93. The number of rotatable bonds is 8. The molecule has 1 aliphatic heterocycles. The van der Waals surface area contributed by atoms with Gasteiger partial charge >= 0.3 is 0 Å². The van der Waals surface area contributed by atoms with E-state index >= 15 is 0 Å². The van der Waals surface area contributed by atoms with Crippen LogP contribution < -0.4 is 10.2 Å². The Kier molecular flexibility index (Phi) is 6.51. The molecule has 160 valence electrons. The summed E-state index contributed by atoms with van der Waals surface area (Å²) in [6, 6.07) is 26.3. The maximum absolute atomic E-state index is 13.1. The van der Waals surface area contributed by atoms with Gasteiger partial charge in [0, 0.05) is 12.1 Å². The maximum atomic E-state index is 13.1. The number of benzene rings is 3. The fourth-order valence-corrected chi connectivity index (χ4v) is 4.84. The lowest BCUT2D eigenvalue weighted by atomic mass is 10.0. The van der Waals surface area contributed by atoms with Gasteiger partial charge in [0.15, 0.2) is 0 Å². The molecule has 0 aliphatic carbocycles. The van der Waals surface area contributed by atoms with Crippen molar-refractivity contribution in [1.82, 2.24) is 10.2 Å². The Balaban J connectivity index is 1.56. The second-order valence-electron chi connectivity index (χ2n) is 7.77. The monoisotopic (exact) mass is 434 g/mol. The Bertz CT molecular complexity index is 1130. The van der Waals surface area contributed by atoms with E-state index < -0.39 is 22.2 Å². The molecule has 2 atom stereocenters. The van der Waals surface area contributed by atoms with E-state index in [1.54, 1.807) is 24.3 Å². The van der Waals surface area contributed by atoms with E-state index in [4.69, 9.17) is 4.84 Å². The number of hydrogen-bond donors (Lipinski definition) is 2. The van der Waals surface area contributed by atoms with Crippen LogP contribution in [0.25, 0.3) is 0 Å². The van der Waals surface area contributed by atoms with Gasteiger partial charge < -0.3 is 0 Å². The van der Waals surface area contributed by atoms with Crippen molar-refractivity contribution in [3.8, 4) is 0 Å². The van der Waals surface area contributed by atoms with Crippen LogP contribution in [0.15, 0.2) is 102 Å². The van der Waals surface area contributed by atoms with Crippen LogP contribution >= 0.6 is 0 Å². The Morgan fingerprint density at radius 1 is 0.903 bits per heavy atom. The largest absolute Gasteiger partial charge is 0.270 e. The summed E-state index contributed by atoms with van der Waals surface area (Å²) < 4.78 is 29.0. The molecule has 0 radical (unpaired) electrons. The summed E-state index contributed by atoms with van der Waals surface area (Å²) in [5.74, 6) is 0. The minimum Gasteiger partial charge on any atom is -0.270 e. The SMILES string of the molecule is Cc1ccc(S(=O)(=O)NC(Cc2ccccc2)C2C=C(Cc3ccccc3)NO2)cc1. The summed E-state index contributed by atoms with van der Waals surface area (Å²) in [4.78, 5) is 6.05. The van der Waals surface area contributed by atoms with E-state index in [2.05, 4.69) is 22.3 Å². The zero-order chi connectivity index (χ0) is 21.7. The molecular weight excluding hydrogens is 408 g/mol.